The van der Waals surface area contributed by atoms with Gasteiger partial charge in [-0.2, -0.15) is 5.10 Å². The molecule has 15 heavy (non-hydrogen) atoms. The molecule has 1 aromatic rings. The minimum atomic E-state index is 0.551. The van der Waals surface area contributed by atoms with Crippen LogP contribution < -0.4 is 5.32 Å². The van der Waals surface area contributed by atoms with E-state index in [1.165, 1.54) is 49.8 Å². The molecular weight excluding hydrogens is 186 g/mol. The predicted molar refractivity (Wildman–Crippen MR) is 59.9 cm³/mol. The molecule has 0 amide bonds. The fourth-order valence-electron chi connectivity index (χ4n) is 3.15. The van der Waals surface area contributed by atoms with Gasteiger partial charge in [0.1, 0.15) is 0 Å². The molecule has 0 radical (unpaired) electrons. The van der Waals surface area contributed by atoms with Gasteiger partial charge in [0.05, 0.1) is 12.2 Å². The number of nitrogens with one attached hydrogen (secondary N) is 1. The van der Waals surface area contributed by atoms with Gasteiger partial charge in [-0.05, 0) is 32.7 Å². The van der Waals surface area contributed by atoms with Crippen LogP contribution in [0, 0.1) is 0 Å². The van der Waals surface area contributed by atoms with E-state index in [9.17, 15) is 0 Å². The Bertz CT molecular complexity index is 350. The van der Waals surface area contributed by atoms with Gasteiger partial charge >= 0.3 is 0 Å². The molecule has 3 rings (SSSR count). The van der Waals surface area contributed by atoms with E-state index in [1.807, 2.05) is 7.05 Å². The van der Waals surface area contributed by atoms with Crippen molar-refractivity contribution in [1.82, 2.24) is 15.1 Å². The molecule has 1 N–H and O–H groups in total. The zero-order valence-corrected chi connectivity index (χ0v) is 9.37. The van der Waals surface area contributed by atoms with E-state index in [0.717, 1.165) is 0 Å². The van der Waals surface area contributed by atoms with Crippen molar-refractivity contribution in [2.45, 2.75) is 50.6 Å². The molecule has 0 spiro atoms. The van der Waals surface area contributed by atoms with Gasteiger partial charge < -0.3 is 5.32 Å². The standard InChI is InChI=1S/C12H19N3/c1-13-11-6-7-12-10(11)8-14-15(12)9-4-2-3-5-9/h8-9,11,13H,2-7H2,1H3/t11-/m1/s1. The van der Waals surface area contributed by atoms with Crippen molar-refractivity contribution in [1.29, 1.82) is 0 Å². The molecule has 0 aromatic carbocycles. The van der Waals surface area contributed by atoms with Crippen LogP contribution in [-0.2, 0) is 6.42 Å². The van der Waals surface area contributed by atoms with Crippen LogP contribution in [0.25, 0.3) is 0 Å². The van der Waals surface area contributed by atoms with E-state index in [2.05, 4.69) is 21.3 Å². The minimum Gasteiger partial charge on any atom is -0.313 e. The fraction of sp³-hybridized carbons (Fsp3) is 0.750. The summed E-state index contributed by atoms with van der Waals surface area (Å²) in [6.45, 7) is 0. The lowest BCUT2D eigenvalue weighted by Gasteiger charge is -2.12. The highest BCUT2D eigenvalue weighted by Crippen LogP contribution is 2.36. The number of rotatable bonds is 2. The summed E-state index contributed by atoms with van der Waals surface area (Å²) in [5, 5.41) is 7.97. The average Bonchev–Trinajstić information content (AvgIpc) is 2.93. The normalized spacial score (nSPS) is 26.1. The van der Waals surface area contributed by atoms with Crippen LogP contribution in [0.5, 0.6) is 0 Å². The summed E-state index contributed by atoms with van der Waals surface area (Å²) in [5.41, 5.74) is 2.95. The van der Waals surface area contributed by atoms with E-state index >= 15 is 0 Å². The molecule has 1 heterocycles. The Morgan fingerprint density at radius 1 is 1.33 bits per heavy atom. The molecule has 82 valence electrons. The first-order chi connectivity index (χ1) is 7.40. The van der Waals surface area contributed by atoms with Gasteiger partial charge in [-0.15, -0.1) is 0 Å². The smallest absolute Gasteiger partial charge is 0.0540 e. The van der Waals surface area contributed by atoms with Gasteiger partial charge in [-0.1, -0.05) is 12.8 Å². The third-order valence-electron chi connectivity index (χ3n) is 4.00. The van der Waals surface area contributed by atoms with E-state index in [4.69, 9.17) is 0 Å². The van der Waals surface area contributed by atoms with E-state index in [0.29, 0.717) is 12.1 Å². The summed E-state index contributed by atoms with van der Waals surface area (Å²) in [4.78, 5) is 0. The maximum Gasteiger partial charge on any atom is 0.0540 e. The predicted octanol–water partition coefficient (Wildman–Crippen LogP) is 2.20. The third kappa shape index (κ3) is 1.41. The summed E-state index contributed by atoms with van der Waals surface area (Å²) >= 11 is 0. The highest BCUT2D eigenvalue weighted by molar-refractivity contribution is 5.27. The molecule has 3 nitrogen and oxygen atoms in total. The Kier molecular flexibility index (Phi) is 2.28. The van der Waals surface area contributed by atoms with Crippen molar-refractivity contribution in [3.8, 4) is 0 Å². The number of hydrogen-bond donors (Lipinski definition) is 1. The van der Waals surface area contributed by atoms with Crippen molar-refractivity contribution in [2.75, 3.05) is 7.05 Å². The summed E-state index contributed by atoms with van der Waals surface area (Å²) in [7, 11) is 2.05. The molecule has 0 unspecified atom stereocenters. The Labute approximate surface area is 90.9 Å². The molecule has 0 bridgehead atoms. The molecule has 1 fully saturated rings. The SMILES string of the molecule is CN[C@@H]1CCc2c1cnn2C1CCCC1. The van der Waals surface area contributed by atoms with Gasteiger partial charge in [0.25, 0.3) is 0 Å². The molecule has 3 heteroatoms. The van der Waals surface area contributed by atoms with Crippen LogP contribution in [0.3, 0.4) is 0 Å². The summed E-state index contributed by atoms with van der Waals surface area (Å²) in [5.74, 6) is 0. The molecule has 0 saturated heterocycles. The molecular formula is C12H19N3. The monoisotopic (exact) mass is 205 g/mol. The van der Waals surface area contributed by atoms with Crippen molar-refractivity contribution < 1.29 is 0 Å². The van der Waals surface area contributed by atoms with Crippen LogP contribution >= 0.6 is 0 Å². The highest BCUT2D eigenvalue weighted by Gasteiger charge is 2.28. The first-order valence-electron chi connectivity index (χ1n) is 6.13. The second-order valence-corrected chi connectivity index (χ2v) is 4.81. The van der Waals surface area contributed by atoms with Gasteiger partial charge in [-0.3, -0.25) is 4.68 Å². The summed E-state index contributed by atoms with van der Waals surface area (Å²) < 4.78 is 2.32. The van der Waals surface area contributed by atoms with Crippen molar-refractivity contribution in [2.24, 2.45) is 0 Å². The fourth-order valence-corrected chi connectivity index (χ4v) is 3.15. The molecule has 1 saturated carbocycles. The zero-order chi connectivity index (χ0) is 10.3. The van der Waals surface area contributed by atoms with Gasteiger partial charge in [0.15, 0.2) is 0 Å². The Balaban J connectivity index is 1.91. The Morgan fingerprint density at radius 2 is 2.13 bits per heavy atom. The molecule has 2 aliphatic carbocycles. The average molecular weight is 205 g/mol. The lowest BCUT2D eigenvalue weighted by atomic mass is 10.2. The maximum absolute atomic E-state index is 4.59. The van der Waals surface area contributed by atoms with Crippen molar-refractivity contribution in [3.63, 3.8) is 0 Å². The van der Waals surface area contributed by atoms with Crippen LogP contribution in [-0.4, -0.2) is 16.8 Å². The van der Waals surface area contributed by atoms with Gasteiger partial charge in [0, 0.05) is 17.3 Å². The first kappa shape index (κ1) is 9.40. The number of nitrogens with zero attached hydrogens (tertiary/aromatic N) is 2. The van der Waals surface area contributed by atoms with Gasteiger partial charge in [0.2, 0.25) is 0 Å². The Morgan fingerprint density at radius 3 is 2.87 bits per heavy atom. The van der Waals surface area contributed by atoms with E-state index in [1.54, 1.807) is 0 Å². The van der Waals surface area contributed by atoms with Crippen LogP contribution in [0.4, 0.5) is 0 Å². The topological polar surface area (TPSA) is 29.9 Å². The number of hydrogen-bond acceptors (Lipinski definition) is 2. The molecule has 0 aliphatic heterocycles. The number of aromatic nitrogens is 2. The van der Waals surface area contributed by atoms with Crippen LogP contribution in [0.15, 0.2) is 6.20 Å². The van der Waals surface area contributed by atoms with E-state index < -0.39 is 0 Å². The molecule has 1 atom stereocenters. The third-order valence-corrected chi connectivity index (χ3v) is 4.00. The minimum absolute atomic E-state index is 0.551. The van der Waals surface area contributed by atoms with Gasteiger partial charge in [-0.25, -0.2) is 0 Å². The lowest BCUT2D eigenvalue weighted by molar-refractivity contribution is 0.449. The number of fused-ring (bicyclic) bond motifs is 1. The summed E-state index contributed by atoms with van der Waals surface area (Å²) in [6, 6.07) is 1.25. The van der Waals surface area contributed by atoms with Crippen LogP contribution in [0.2, 0.25) is 0 Å². The quantitative estimate of drug-likeness (QED) is 0.802. The Hall–Kier alpha value is -0.830. The molecule has 2 aliphatic rings. The zero-order valence-electron chi connectivity index (χ0n) is 9.37. The van der Waals surface area contributed by atoms with E-state index in [-0.39, 0.29) is 0 Å². The lowest BCUT2D eigenvalue weighted by Crippen LogP contribution is -2.12. The molecule has 1 aromatic heterocycles. The second kappa shape index (κ2) is 3.63. The largest absolute Gasteiger partial charge is 0.313 e. The first-order valence-corrected chi connectivity index (χ1v) is 6.13. The highest BCUT2D eigenvalue weighted by atomic mass is 15.3. The van der Waals surface area contributed by atoms with Crippen LogP contribution in [0.1, 0.15) is 55.4 Å². The van der Waals surface area contributed by atoms with Crippen molar-refractivity contribution in [3.05, 3.63) is 17.5 Å². The maximum atomic E-state index is 4.59. The summed E-state index contributed by atoms with van der Waals surface area (Å²) in [6.07, 6.45) is 9.97. The second-order valence-electron chi connectivity index (χ2n) is 4.81. The van der Waals surface area contributed by atoms with Crippen molar-refractivity contribution >= 4 is 0 Å².